The predicted octanol–water partition coefficient (Wildman–Crippen LogP) is 5.33. The van der Waals surface area contributed by atoms with Gasteiger partial charge in [-0.2, -0.15) is 0 Å². The first kappa shape index (κ1) is 28.1. The van der Waals surface area contributed by atoms with E-state index in [-0.39, 0.29) is 35.7 Å². The molecule has 208 valence electrons. The van der Waals surface area contributed by atoms with Gasteiger partial charge in [-0.1, -0.05) is 37.8 Å². The number of piperidine rings is 1. The number of nitrogens with zero attached hydrogens (tertiary/aromatic N) is 3. The fourth-order valence-corrected chi connectivity index (χ4v) is 6.97. The number of sulfone groups is 1. The molecule has 40 heavy (non-hydrogen) atoms. The SMILES string of the molecule is C.Cc1cncc2ccc(CC(=O)[C@@H]3C[C@H]3c3ccc(S(=O)(=O)Cc4cncc(C5CCNCC5)n4)cc3)cc12. The number of nitrogens with one attached hydrogen (secondary N) is 1. The Kier molecular flexibility index (Phi) is 8.10. The van der Waals surface area contributed by atoms with Crippen molar-refractivity contribution in [2.75, 3.05) is 13.1 Å². The van der Waals surface area contributed by atoms with E-state index in [1.54, 1.807) is 24.5 Å². The number of ketones is 1. The lowest BCUT2D eigenvalue weighted by Gasteiger charge is -2.22. The number of rotatable bonds is 8. The molecule has 1 aliphatic carbocycles. The van der Waals surface area contributed by atoms with E-state index in [0.29, 0.717) is 18.0 Å². The molecule has 0 radical (unpaired) electrons. The molecule has 2 atom stereocenters. The number of pyridine rings is 1. The highest BCUT2D eigenvalue weighted by atomic mass is 32.2. The molecule has 0 amide bonds. The molecule has 4 aromatic rings. The van der Waals surface area contributed by atoms with Crippen LogP contribution in [0.15, 0.2) is 72.1 Å². The van der Waals surface area contributed by atoms with Crippen LogP contribution in [0.25, 0.3) is 10.8 Å². The third-order valence-electron chi connectivity index (χ3n) is 8.07. The zero-order valence-electron chi connectivity index (χ0n) is 22.0. The van der Waals surface area contributed by atoms with Gasteiger partial charge in [0.05, 0.1) is 22.0 Å². The number of aromatic nitrogens is 3. The molecule has 7 nitrogen and oxygen atoms in total. The Hall–Kier alpha value is -3.49. The molecule has 6 rings (SSSR count). The van der Waals surface area contributed by atoms with Gasteiger partial charge in [0.2, 0.25) is 0 Å². The zero-order valence-corrected chi connectivity index (χ0v) is 22.8. The van der Waals surface area contributed by atoms with Crippen LogP contribution in [0.3, 0.4) is 0 Å². The Morgan fingerprint density at radius 3 is 2.50 bits per heavy atom. The maximum Gasteiger partial charge on any atom is 0.184 e. The van der Waals surface area contributed by atoms with Gasteiger partial charge in [-0.3, -0.25) is 19.7 Å². The van der Waals surface area contributed by atoms with Gasteiger partial charge in [0, 0.05) is 48.4 Å². The summed E-state index contributed by atoms with van der Waals surface area (Å²) in [5.41, 5.74) is 4.48. The second kappa shape index (κ2) is 11.6. The first-order valence-electron chi connectivity index (χ1n) is 13.6. The number of carbonyl (C=O) groups is 1. The second-order valence-electron chi connectivity index (χ2n) is 10.9. The van der Waals surface area contributed by atoms with Crippen molar-refractivity contribution in [3.63, 3.8) is 0 Å². The highest BCUT2D eigenvalue weighted by Gasteiger charge is 2.43. The average Bonchev–Trinajstić information content (AvgIpc) is 3.76. The fraction of sp³-hybridized carbons (Fsp3) is 0.375. The van der Waals surface area contributed by atoms with Crippen LogP contribution in [0.4, 0.5) is 0 Å². The van der Waals surface area contributed by atoms with Gasteiger partial charge in [0.15, 0.2) is 9.84 Å². The van der Waals surface area contributed by atoms with Crippen LogP contribution in [0, 0.1) is 12.8 Å². The highest BCUT2D eigenvalue weighted by molar-refractivity contribution is 7.90. The first-order valence-corrected chi connectivity index (χ1v) is 15.2. The number of hydrogen-bond acceptors (Lipinski definition) is 7. The number of aryl methyl sites for hydroxylation is 1. The van der Waals surface area contributed by atoms with Gasteiger partial charge >= 0.3 is 0 Å². The Morgan fingerprint density at radius 2 is 1.73 bits per heavy atom. The standard InChI is InChI=1S/C31H32N4O3S.CH4/c1-20-15-33-16-24-3-2-21(12-27(20)24)13-31(36)29-14-28(29)22-4-6-26(7-5-22)39(37,38)19-25-17-34-18-30(35-25)23-8-10-32-11-9-23;/h2-7,12,15-18,23,28-29,32H,8-11,13-14,19H2,1H3;1H4/t28-,29+;/m0./s1. The number of Topliss-reactive ketones (excluding diaryl/α,β-unsaturated/α-hetero) is 1. The molecule has 1 saturated carbocycles. The van der Waals surface area contributed by atoms with Crippen molar-refractivity contribution in [1.82, 2.24) is 20.3 Å². The second-order valence-corrected chi connectivity index (χ2v) is 12.9. The molecule has 8 heteroatoms. The van der Waals surface area contributed by atoms with E-state index in [0.717, 1.165) is 65.5 Å². The quantitative estimate of drug-likeness (QED) is 0.313. The minimum atomic E-state index is -3.56. The van der Waals surface area contributed by atoms with E-state index in [9.17, 15) is 13.2 Å². The smallest absolute Gasteiger partial charge is 0.184 e. The number of fused-ring (bicyclic) bond motifs is 1. The molecule has 1 N–H and O–H groups in total. The Bertz CT molecular complexity index is 1630. The van der Waals surface area contributed by atoms with Crippen LogP contribution in [0.1, 0.15) is 66.6 Å². The summed E-state index contributed by atoms with van der Waals surface area (Å²) >= 11 is 0. The fourth-order valence-electron chi connectivity index (χ4n) is 5.73. The topological polar surface area (TPSA) is 102 Å². The Labute approximate surface area is 236 Å². The first-order chi connectivity index (χ1) is 18.9. The van der Waals surface area contributed by atoms with Crippen molar-refractivity contribution < 1.29 is 13.2 Å². The molecule has 1 saturated heterocycles. The van der Waals surface area contributed by atoms with Gasteiger partial charge < -0.3 is 5.32 Å². The Morgan fingerprint density at radius 1 is 0.975 bits per heavy atom. The normalized spacial score (nSPS) is 19.2. The molecule has 1 aliphatic heterocycles. The van der Waals surface area contributed by atoms with Crippen LogP contribution in [-0.4, -0.2) is 42.2 Å². The van der Waals surface area contributed by atoms with Crippen LogP contribution >= 0.6 is 0 Å². The molecule has 0 spiro atoms. The summed E-state index contributed by atoms with van der Waals surface area (Å²) in [5.74, 6) is 0.500. The monoisotopic (exact) mass is 556 g/mol. The van der Waals surface area contributed by atoms with Crippen molar-refractivity contribution in [3.05, 3.63) is 95.3 Å². The third-order valence-corrected chi connectivity index (χ3v) is 9.74. The average molecular weight is 557 g/mol. The summed E-state index contributed by atoms with van der Waals surface area (Å²) in [6.45, 7) is 3.91. The minimum absolute atomic E-state index is 0. The van der Waals surface area contributed by atoms with Crippen molar-refractivity contribution >= 4 is 26.4 Å². The number of benzene rings is 2. The summed E-state index contributed by atoms with van der Waals surface area (Å²) in [6, 6.07) is 13.2. The molecular weight excluding hydrogens is 520 g/mol. The van der Waals surface area contributed by atoms with Crippen LogP contribution < -0.4 is 5.32 Å². The molecule has 3 heterocycles. The third kappa shape index (κ3) is 5.98. The van der Waals surface area contributed by atoms with E-state index >= 15 is 0 Å². The van der Waals surface area contributed by atoms with E-state index < -0.39 is 9.84 Å². The van der Waals surface area contributed by atoms with E-state index in [2.05, 4.69) is 26.3 Å². The maximum atomic E-state index is 13.1. The van der Waals surface area contributed by atoms with Gasteiger partial charge in [0.25, 0.3) is 0 Å². The van der Waals surface area contributed by atoms with Crippen LogP contribution in [0.5, 0.6) is 0 Å². The van der Waals surface area contributed by atoms with Crippen LogP contribution in [0.2, 0.25) is 0 Å². The lowest BCUT2D eigenvalue weighted by atomic mass is 9.95. The van der Waals surface area contributed by atoms with E-state index in [1.165, 1.54) is 0 Å². The highest BCUT2D eigenvalue weighted by Crippen LogP contribution is 2.48. The predicted molar refractivity (Wildman–Crippen MR) is 157 cm³/mol. The van der Waals surface area contributed by atoms with Crippen molar-refractivity contribution in [2.24, 2.45) is 5.92 Å². The van der Waals surface area contributed by atoms with Gasteiger partial charge in [-0.25, -0.2) is 8.42 Å². The van der Waals surface area contributed by atoms with Crippen LogP contribution in [-0.2, 0) is 26.8 Å². The summed E-state index contributed by atoms with van der Waals surface area (Å²) in [5, 5.41) is 5.54. The molecule has 2 aromatic heterocycles. The maximum absolute atomic E-state index is 13.1. The zero-order chi connectivity index (χ0) is 27.0. The van der Waals surface area contributed by atoms with Gasteiger partial charge in [-0.15, -0.1) is 0 Å². The molecule has 2 aromatic carbocycles. The molecular formula is C32H36N4O3S. The van der Waals surface area contributed by atoms with Crippen molar-refractivity contribution in [1.29, 1.82) is 0 Å². The molecule has 2 aliphatic rings. The summed E-state index contributed by atoms with van der Waals surface area (Å²) in [7, 11) is -3.56. The lowest BCUT2D eigenvalue weighted by molar-refractivity contribution is -0.119. The number of carbonyl (C=O) groups excluding carboxylic acids is 1. The molecule has 0 bridgehead atoms. The van der Waals surface area contributed by atoms with Crippen molar-refractivity contribution in [3.8, 4) is 0 Å². The van der Waals surface area contributed by atoms with E-state index in [1.807, 2.05) is 43.6 Å². The largest absolute Gasteiger partial charge is 0.317 e. The van der Waals surface area contributed by atoms with Gasteiger partial charge in [0.1, 0.15) is 5.78 Å². The lowest BCUT2D eigenvalue weighted by Crippen LogP contribution is -2.27. The summed E-state index contributed by atoms with van der Waals surface area (Å²) in [4.78, 5) is 26.4. The Balaban J connectivity index is 0.00000323. The minimum Gasteiger partial charge on any atom is -0.317 e. The number of hydrogen-bond donors (Lipinski definition) is 1. The van der Waals surface area contributed by atoms with Gasteiger partial charge in [-0.05, 0) is 79.4 Å². The molecule has 2 fully saturated rings. The molecule has 0 unspecified atom stereocenters. The van der Waals surface area contributed by atoms with Crippen molar-refractivity contribution in [2.45, 2.75) is 62.5 Å². The summed E-state index contributed by atoms with van der Waals surface area (Å²) < 4.78 is 26.3. The van der Waals surface area contributed by atoms with E-state index in [4.69, 9.17) is 0 Å². The summed E-state index contributed by atoms with van der Waals surface area (Å²) in [6.07, 6.45) is 10.2.